The number of halogens is 3. The normalized spacial score (nSPS) is 20.8. The van der Waals surface area contributed by atoms with Crippen molar-refractivity contribution in [2.45, 2.75) is 31.0 Å². The van der Waals surface area contributed by atoms with Crippen LogP contribution in [0, 0.1) is 0 Å². The lowest BCUT2D eigenvalue weighted by Crippen LogP contribution is -2.34. The fourth-order valence-electron chi connectivity index (χ4n) is 2.29. The third-order valence-corrected chi connectivity index (χ3v) is 3.09. The molecule has 1 heterocycles. The van der Waals surface area contributed by atoms with E-state index in [1.165, 1.54) is 0 Å². The molecule has 0 aliphatic heterocycles. The van der Waals surface area contributed by atoms with Gasteiger partial charge in [0.2, 0.25) is 0 Å². The van der Waals surface area contributed by atoms with Gasteiger partial charge in [-0.3, -0.25) is 4.98 Å². The van der Waals surface area contributed by atoms with Crippen molar-refractivity contribution in [3.63, 3.8) is 0 Å². The number of fused-ring (bicyclic) bond motifs is 1. The van der Waals surface area contributed by atoms with Crippen LogP contribution in [-0.4, -0.2) is 30.4 Å². The Bertz CT molecular complexity index is 409. The minimum Gasteiger partial charge on any atom is -0.370 e. The van der Waals surface area contributed by atoms with Gasteiger partial charge in [-0.15, -0.1) is 0 Å². The smallest absolute Gasteiger partial charge is 0.370 e. The van der Waals surface area contributed by atoms with Crippen LogP contribution in [0.4, 0.5) is 13.2 Å². The van der Waals surface area contributed by atoms with E-state index in [1.807, 2.05) is 12.1 Å². The summed E-state index contributed by atoms with van der Waals surface area (Å²) in [6.07, 6.45) is -0.921. The van der Waals surface area contributed by atoms with E-state index < -0.39 is 18.8 Å². The number of ether oxygens (including phenoxy) is 1. The maximum atomic E-state index is 11.9. The van der Waals surface area contributed by atoms with Crippen molar-refractivity contribution in [2.75, 3.05) is 13.2 Å². The number of alkyl halides is 3. The maximum Gasteiger partial charge on any atom is 0.411 e. The number of aromatic nitrogens is 1. The SMILES string of the molecule is NC(COCC(F)(F)F)C1CCc2cccnc21. The van der Waals surface area contributed by atoms with Gasteiger partial charge in [0.15, 0.2) is 0 Å². The van der Waals surface area contributed by atoms with Crippen LogP contribution in [0.2, 0.25) is 0 Å². The third-order valence-electron chi connectivity index (χ3n) is 3.09. The Morgan fingerprint density at radius 2 is 2.28 bits per heavy atom. The zero-order valence-corrected chi connectivity index (χ0v) is 9.78. The quantitative estimate of drug-likeness (QED) is 0.901. The Balaban J connectivity index is 1.89. The second kappa shape index (κ2) is 5.24. The van der Waals surface area contributed by atoms with Crippen LogP contribution >= 0.6 is 0 Å². The highest BCUT2D eigenvalue weighted by atomic mass is 19.4. The highest BCUT2D eigenvalue weighted by molar-refractivity contribution is 5.29. The van der Waals surface area contributed by atoms with Crippen molar-refractivity contribution in [1.82, 2.24) is 4.98 Å². The fourth-order valence-corrected chi connectivity index (χ4v) is 2.29. The second-order valence-corrected chi connectivity index (χ2v) is 4.49. The second-order valence-electron chi connectivity index (χ2n) is 4.49. The van der Waals surface area contributed by atoms with Gasteiger partial charge in [0, 0.05) is 23.9 Å². The van der Waals surface area contributed by atoms with E-state index in [-0.39, 0.29) is 12.5 Å². The van der Waals surface area contributed by atoms with Crippen molar-refractivity contribution in [3.8, 4) is 0 Å². The third kappa shape index (κ3) is 3.20. The summed E-state index contributed by atoms with van der Waals surface area (Å²) in [5.74, 6) is -0.00515. The van der Waals surface area contributed by atoms with Gasteiger partial charge in [-0.05, 0) is 24.5 Å². The molecule has 0 saturated heterocycles. The summed E-state index contributed by atoms with van der Waals surface area (Å²) in [5.41, 5.74) is 7.93. The first kappa shape index (κ1) is 13.3. The minimum absolute atomic E-state index is 0.00515. The zero-order valence-electron chi connectivity index (χ0n) is 9.78. The number of nitrogens with two attached hydrogens (primary N) is 1. The summed E-state index contributed by atoms with van der Waals surface area (Å²) in [7, 11) is 0. The number of hydrogen-bond donors (Lipinski definition) is 1. The Labute approximate surface area is 103 Å². The van der Waals surface area contributed by atoms with E-state index in [2.05, 4.69) is 9.72 Å². The molecule has 2 atom stereocenters. The molecular weight excluding hydrogens is 245 g/mol. The summed E-state index contributed by atoms with van der Waals surface area (Å²) >= 11 is 0. The Morgan fingerprint density at radius 1 is 1.50 bits per heavy atom. The molecule has 3 nitrogen and oxygen atoms in total. The fraction of sp³-hybridized carbons (Fsp3) is 0.583. The largest absolute Gasteiger partial charge is 0.411 e. The van der Waals surface area contributed by atoms with Gasteiger partial charge in [0.05, 0.1) is 6.61 Å². The summed E-state index contributed by atoms with van der Waals surface area (Å²) in [6.45, 7) is -1.34. The van der Waals surface area contributed by atoms with Gasteiger partial charge >= 0.3 is 6.18 Å². The maximum absolute atomic E-state index is 11.9. The standard InChI is InChI=1S/C12H15F3N2O/c13-12(14,15)7-18-6-10(16)9-4-3-8-2-1-5-17-11(8)9/h1-2,5,9-10H,3-4,6-7,16H2. The van der Waals surface area contributed by atoms with Crippen LogP contribution in [0.25, 0.3) is 0 Å². The van der Waals surface area contributed by atoms with Crippen LogP contribution in [0.5, 0.6) is 0 Å². The molecule has 0 bridgehead atoms. The van der Waals surface area contributed by atoms with Gasteiger partial charge in [0.25, 0.3) is 0 Å². The molecule has 1 aromatic rings. The Morgan fingerprint density at radius 3 is 3.00 bits per heavy atom. The van der Waals surface area contributed by atoms with Gasteiger partial charge in [-0.2, -0.15) is 13.2 Å². The number of nitrogens with zero attached hydrogens (tertiary/aromatic N) is 1. The van der Waals surface area contributed by atoms with Gasteiger partial charge in [-0.1, -0.05) is 6.07 Å². The van der Waals surface area contributed by atoms with E-state index in [9.17, 15) is 13.2 Å². The van der Waals surface area contributed by atoms with E-state index in [0.29, 0.717) is 0 Å². The highest BCUT2D eigenvalue weighted by Gasteiger charge is 2.31. The predicted octanol–water partition coefficient (Wildman–Crippen LogP) is 2.02. The van der Waals surface area contributed by atoms with Gasteiger partial charge < -0.3 is 10.5 Å². The van der Waals surface area contributed by atoms with Crippen molar-refractivity contribution >= 4 is 0 Å². The monoisotopic (exact) mass is 260 g/mol. The molecule has 6 heteroatoms. The minimum atomic E-state index is -4.30. The molecule has 18 heavy (non-hydrogen) atoms. The average Bonchev–Trinajstić information content (AvgIpc) is 2.70. The number of rotatable bonds is 4. The van der Waals surface area contributed by atoms with Crippen LogP contribution in [0.3, 0.4) is 0 Å². The van der Waals surface area contributed by atoms with Gasteiger partial charge in [-0.25, -0.2) is 0 Å². The van der Waals surface area contributed by atoms with Crippen LogP contribution in [-0.2, 0) is 11.2 Å². The van der Waals surface area contributed by atoms with E-state index >= 15 is 0 Å². The van der Waals surface area contributed by atoms with Crippen LogP contribution in [0.1, 0.15) is 23.6 Å². The van der Waals surface area contributed by atoms with E-state index in [0.717, 1.165) is 24.1 Å². The molecule has 2 N–H and O–H groups in total. The molecule has 1 aliphatic rings. The van der Waals surface area contributed by atoms with Crippen molar-refractivity contribution in [2.24, 2.45) is 5.73 Å². The molecule has 0 aromatic carbocycles. The summed E-state index contributed by atoms with van der Waals surface area (Å²) in [6, 6.07) is 3.39. The van der Waals surface area contributed by atoms with E-state index in [4.69, 9.17) is 5.73 Å². The lowest BCUT2D eigenvalue weighted by Gasteiger charge is -2.19. The predicted molar refractivity (Wildman–Crippen MR) is 60.1 cm³/mol. The summed E-state index contributed by atoms with van der Waals surface area (Å²) in [4.78, 5) is 4.26. The summed E-state index contributed by atoms with van der Waals surface area (Å²) < 4.78 is 40.4. The Hall–Kier alpha value is -1.14. The molecule has 0 saturated carbocycles. The van der Waals surface area contributed by atoms with Gasteiger partial charge in [0.1, 0.15) is 6.61 Å². The first-order valence-corrected chi connectivity index (χ1v) is 5.81. The molecule has 0 spiro atoms. The molecule has 0 fully saturated rings. The van der Waals surface area contributed by atoms with Crippen molar-refractivity contribution in [1.29, 1.82) is 0 Å². The molecule has 0 amide bonds. The zero-order chi connectivity index (χ0) is 13.2. The molecule has 2 unspecified atom stereocenters. The van der Waals surface area contributed by atoms with Crippen LogP contribution < -0.4 is 5.73 Å². The molecular formula is C12H15F3N2O. The Kier molecular flexibility index (Phi) is 3.87. The topological polar surface area (TPSA) is 48.1 Å². The molecule has 100 valence electrons. The van der Waals surface area contributed by atoms with Crippen molar-refractivity contribution in [3.05, 3.63) is 29.6 Å². The average molecular weight is 260 g/mol. The first-order valence-electron chi connectivity index (χ1n) is 5.81. The molecule has 2 rings (SSSR count). The first-order chi connectivity index (χ1) is 8.47. The highest BCUT2D eigenvalue weighted by Crippen LogP contribution is 2.33. The number of hydrogen-bond acceptors (Lipinski definition) is 3. The molecule has 1 aromatic heterocycles. The molecule has 0 radical (unpaired) electrons. The lowest BCUT2D eigenvalue weighted by atomic mass is 9.98. The lowest BCUT2D eigenvalue weighted by molar-refractivity contribution is -0.175. The number of pyridine rings is 1. The van der Waals surface area contributed by atoms with Crippen molar-refractivity contribution < 1.29 is 17.9 Å². The summed E-state index contributed by atoms with van der Waals surface area (Å²) in [5, 5.41) is 0. The number of aryl methyl sites for hydroxylation is 1. The van der Waals surface area contributed by atoms with E-state index in [1.54, 1.807) is 6.20 Å². The molecule has 1 aliphatic carbocycles. The van der Waals surface area contributed by atoms with Crippen LogP contribution in [0.15, 0.2) is 18.3 Å².